The van der Waals surface area contributed by atoms with Gasteiger partial charge in [-0.3, -0.25) is 10.1 Å². The van der Waals surface area contributed by atoms with Crippen LogP contribution in [0.15, 0.2) is 30.6 Å². The van der Waals surface area contributed by atoms with Crippen molar-refractivity contribution in [2.24, 2.45) is 0 Å². The summed E-state index contributed by atoms with van der Waals surface area (Å²) in [4.78, 5) is 18.0. The highest BCUT2D eigenvalue weighted by Crippen LogP contribution is 2.20. The molecule has 0 radical (unpaired) electrons. The second kappa shape index (κ2) is 4.01. The molecule has 0 spiro atoms. The van der Waals surface area contributed by atoms with E-state index in [-0.39, 0.29) is 5.95 Å². The van der Waals surface area contributed by atoms with Crippen LogP contribution in [0.4, 0.5) is 10.3 Å². The van der Waals surface area contributed by atoms with E-state index >= 15 is 0 Å². The van der Waals surface area contributed by atoms with Crippen molar-refractivity contribution in [1.82, 2.24) is 9.97 Å². The number of nitrogens with zero attached hydrogens (tertiary/aromatic N) is 1. The van der Waals surface area contributed by atoms with Crippen LogP contribution in [-0.2, 0) is 0 Å². The van der Waals surface area contributed by atoms with Gasteiger partial charge in [-0.15, -0.1) is 0 Å². The average Bonchev–Trinajstić information content (AvgIpc) is 2.70. The minimum absolute atomic E-state index is 0.188. The van der Waals surface area contributed by atoms with Crippen LogP contribution in [0, 0.1) is 5.82 Å². The Balaban J connectivity index is 2.28. The number of aromatic hydroxyl groups is 1. The molecule has 1 amide bonds. The number of H-pyrrole nitrogens is 1. The molecule has 82 valence electrons. The first kappa shape index (κ1) is 10.2. The van der Waals surface area contributed by atoms with Crippen LogP contribution >= 0.6 is 0 Å². The van der Waals surface area contributed by atoms with E-state index in [9.17, 15) is 14.3 Å². The lowest BCUT2D eigenvalue weighted by Crippen LogP contribution is -2.14. The van der Waals surface area contributed by atoms with Crippen LogP contribution in [0.1, 0.15) is 10.4 Å². The SMILES string of the molecule is O=C(Nc1ncc[nH]1)c1c(O)cccc1F. The fourth-order valence-corrected chi connectivity index (χ4v) is 1.24. The van der Waals surface area contributed by atoms with Crippen LogP contribution in [0.25, 0.3) is 0 Å². The number of nitrogens with one attached hydrogen (secondary N) is 2. The second-order valence-electron chi connectivity index (χ2n) is 3.03. The summed E-state index contributed by atoms with van der Waals surface area (Å²) in [5.74, 6) is -1.77. The van der Waals surface area contributed by atoms with Gasteiger partial charge in [-0.2, -0.15) is 0 Å². The summed E-state index contributed by atoms with van der Waals surface area (Å²) in [5.41, 5.74) is -0.404. The van der Waals surface area contributed by atoms with Crippen LogP contribution in [0.5, 0.6) is 5.75 Å². The summed E-state index contributed by atoms with van der Waals surface area (Å²) in [6.45, 7) is 0. The molecule has 0 aliphatic rings. The Morgan fingerprint density at radius 1 is 1.50 bits per heavy atom. The number of carbonyl (C=O) groups is 1. The fourth-order valence-electron chi connectivity index (χ4n) is 1.24. The molecule has 0 aliphatic heterocycles. The molecule has 0 fully saturated rings. The lowest BCUT2D eigenvalue weighted by atomic mass is 10.2. The molecule has 2 aromatic rings. The molecule has 0 bridgehead atoms. The van der Waals surface area contributed by atoms with Gasteiger partial charge in [-0.05, 0) is 12.1 Å². The average molecular weight is 221 g/mol. The Morgan fingerprint density at radius 3 is 2.94 bits per heavy atom. The molecule has 2 rings (SSSR count). The Labute approximate surface area is 90.0 Å². The molecular weight excluding hydrogens is 213 g/mol. The standard InChI is InChI=1S/C10H8FN3O2/c11-6-2-1-3-7(15)8(6)9(16)14-10-12-4-5-13-10/h1-5,15H,(H2,12,13,14,16). The number of halogens is 1. The van der Waals surface area contributed by atoms with Gasteiger partial charge in [0.1, 0.15) is 17.1 Å². The number of carbonyl (C=O) groups excluding carboxylic acids is 1. The highest BCUT2D eigenvalue weighted by Gasteiger charge is 2.16. The van der Waals surface area contributed by atoms with E-state index in [0.29, 0.717) is 0 Å². The van der Waals surface area contributed by atoms with E-state index in [1.54, 1.807) is 0 Å². The lowest BCUT2D eigenvalue weighted by molar-refractivity contribution is 0.101. The van der Waals surface area contributed by atoms with E-state index in [4.69, 9.17) is 0 Å². The molecule has 1 aromatic carbocycles. The molecule has 6 heteroatoms. The normalized spacial score (nSPS) is 10.1. The third-order valence-corrected chi connectivity index (χ3v) is 1.95. The molecule has 16 heavy (non-hydrogen) atoms. The predicted molar refractivity (Wildman–Crippen MR) is 54.6 cm³/mol. The zero-order chi connectivity index (χ0) is 11.5. The molecule has 0 aliphatic carbocycles. The summed E-state index contributed by atoms with van der Waals surface area (Å²) < 4.78 is 13.3. The van der Waals surface area contributed by atoms with Crippen molar-refractivity contribution >= 4 is 11.9 Å². The Kier molecular flexibility index (Phi) is 2.55. The molecule has 1 aromatic heterocycles. The van der Waals surface area contributed by atoms with Crippen molar-refractivity contribution in [1.29, 1.82) is 0 Å². The van der Waals surface area contributed by atoms with Crippen LogP contribution in [0.3, 0.4) is 0 Å². The molecular formula is C10H8FN3O2. The van der Waals surface area contributed by atoms with Gasteiger partial charge in [0.25, 0.3) is 5.91 Å². The zero-order valence-electron chi connectivity index (χ0n) is 8.07. The summed E-state index contributed by atoms with van der Waals surface area (Å²) in [5, 5.41) is 11.7. The quantitative estimate of drug-likeness (QED) is 0.719. The zero-order valence-corrected chi connectivity index (χ0v) is 8.07. The predicted octanol–water partition coefficient (Wildman–Crippen LogP) is 1.51. The highest BCUT2D eigenvalue weighted by molar-refractivity contribution is 6.05. The molecule has 0 saturated carbocycles. The van der Waals surface area contributed by atoms with Gasteiger partial charge < -0.3 is 10.1 Å². The molecule has 3 N–H and O–H groups in total. The molecule has 5 nitrogen and oxygen atoms in total. The van der Waals surface area contributed by atoms with Gasteiger partial charge in [0.05, 0.1) is 0 Å². The van der Waals surface area contributed by atoms with Gasteiger partial charge >= 0.3 is 0 Å². The molecule has 0 saturated heterocycles. The van der Waals surface area contributed by atoms with Gasteiger partial charge in [-0.25, -0.2) is 9.37 Å². The van der Waals surface area contributed by atoms with E-state index in [1.807, 2.05) is 0 Å². The van der Waals surface area contributed by atoms with Gasteiger partial charge in [0.2, 0.25) is 5.95 Å². The number of anilines is 1. The van der Waals surface area contributed by atoms with Crippen molar-refractivity contribution in [2.75, 3.05) is 5.32 Å². The van der Waals surface area contributed by atoms with Crippen LogP contribution < -0.4 is 5.32 Å². The molecule has 1 heterocycles. The lowest BCUT2D eigenvalue weighted by Gasteiger charge is -2.05. The number of rotatable bonds is 2. The maximum absolute atomic E-state index is 13.3. The van der Waals surface area contributed by atoms with Crippen molar-refractivity contribution in [3.63, 3.8) is 0 Å². The minimum atomic E-state index is -0.788. The first-order valence-corrected chi connectivity index (χ1v) is 4.46. The molecule has 0 unspecified atom stereocenters. The maximum atomic E-state index is 13.3. The summed E-state index contributed by atoms with van der Waals surface area (Å²) in [6.07, 6.45) is 2.95. The molecule has 0 atom stereocenters. The monoisotopic (exact) mass is 221 g/mol. The number of hydrogen-bond donors (Lipinski definition) is 3. The summed E-state index contributed by atoms with van der Waals surface area (Å²) >= 11 is 0. The van der Waals surface area contributed by atoms with E-state index in [0.717, 1.165) is 6.07 Å². The number of imidazole rings is 1. The number of amides is 1. The van der Waals surface area contributed by atoms with Crippen molar-refractivity contribution in [2.45, 2.75) is 0 Å². The number of benzene rings is 1. The third kappa shape index (κ3) is 1.85. The summed E-state index contributed by atoms with van der Waals surface area (Å²) in [7, 11) is 0. The van der Waals surface area contributed by atoms with Crippen molar-refractivity contribution in [3.8, 4) is 5.75 Å². The number of hydrogen-bond acceptors (Lipinski definition) is 3. The number of aromatic nitrogens is 2. The van der Waals surface area contributed by atoms with E-state index in [1.165, 1.54) is 24.5 Å². The van der Waals surface area contributed by atoms with Crippen LogP contribution in [0.2, 0.25) is 0 Å². The van der Waals surface area contributed by atoms with E-state index < -0.39 is 23.0 Å². The topological polar surface area (TPSA) is 78.0 Å². The number of phenolic OH excluding ortho intramolecular Hbond substituents is 1. The minimum Gasteiger partial charge on any atom is -0.507 e. The van der Waals surface area contributed by atoms with Gasteiger partial charge in [-0.1, -0.05) is 6.07 Å². The number of aromatic amines is 1. The first-order chi connectivity index (χ1) is 7.68. The van der Waals surface area contributed by atoms with Crippen molar-refractivity contribution < 1.29 is 14.3 Å². The maximum Gasteiger partial charge on any atom is 0.264 e. The largest absolute Gasteiger partial charge is 0.507 e. The second-order valence-corrected chi connectivity index (χ2v) is 3.03. The van der Waals surface area contributed by atoms with Crippen LogP contribution in [-0.4, -0.2) is 21.0 Å². The van der Waals surface area contributed by atoms with Gasteiger partial charge in [0.15, 0.2) is 0 Å². The van der Waals surface area contributed by atoms with E-state index in [2.05, 4.69) is 15.3 Å². The smallest absolute Gasteiger partial charge is 0.264 e. The first-order valence-electron chi connectivity index (χ1n) is 4.46. The third-order valence-electron chi connectivity index (χ3n) is 1.95. The highest BCUT2D eigenvalue weighted by atomic mass is 19.1. The fraction of sp³-hybridized carbons (Fsp3) is 0. The number of phenols is 1. The Morgan fingerprint density at radius 2 is 2.31 bits per heavy atom. The Bertz CT molecular complexity index is 491. The Hall–Kier alpha value is -2.37. The van der Waals surface area contributed by atoms with Gasteiger partial charge in [0, 0.05) is 12.4 Å². The summed E-state index contributed by atoms with van der Waals surface area (Å²) in [6, 6.07) is 3.64. The van der Waals surface area contributed by atoms with Crippen molar-refractivity contribution in [3.05, 3.63) is 42.0 Å².